The van der Waals surface area contributed by atoms with E-state index in [0.29, 0.717) is 5.92 Å². The van der Waals surface area contributed by atoms with Crippen LogP contribution in [-0.4, -0.2) is 19.9 Å². The van der Waals surface area contributed by atoms with Gasteiger partial charge in [0, 0.05) is 35.4 Å². The van der Waals surface area contributed by atoms with Gasteiger partial charge in [-0.1, -0.05) is 0 Å². The Balaban J connectivity index is 1.69. The summed E-state index contributed by atoms with van der Waals surface area (Å²) in [5.74, 6) is 2.22. The van der Waals surface area contributed by atoms with Gasteiger partial charge in [-0.05, 0) is 37.5 Å². The predicted octanol–water partition coefficient (Wildman–Crippen LogP) is 4.00. The molecule has 1 saturated carbocycles. The van der Waals surface area contributed by atoms with Crippen LogP contribution in [0.5, 0.6) is 0 Å². The Morgan fingerprint density at radius 1 is 1.16 bits per heavy atom. The van der Waals surface area contributed by atoms with Gasteiger partial charge < -0.3 is 10.3 Å². The summed E-state index contributed by atoms with van der Waals surface area (Å²) < 4.78 is 0. The Kier molecular flexibility index (Phi) is 3.07. The summed E-state index contributed by atoms with van der Waals surface area (Å²) in [6.45, 7) is 0. The third kappa shape index (κ3) is 2.20. The minimum atomic E-state index is 0.141. The van der Waals surface area contributed by atoms with Crippen molar-refractivity contribution in [1.82, 2.24) is 19.9 Å². The Labute approximate surface area is 145 Å². The van der Waals surface area contributed by atoms with Crippen molar-refractivity contribution in [3.8, 4) is 28.6 Å². The minimum absolute atomic E-state index is 0.141. The first-order valence-corrected chi connectivity index (χ1v) is 8.50. The van der Waals surface area contributed by atoms with Crippen LogP contribution in [0, 0.1) is 17.2 Å². The van der Waals surface area contributed by atoms with Crippen LogP contribution >= 0.6 is 0 Å². The van der Waals surface area contributed by atoms with Crippen LogP contribution in [0.15, 0.2) is 36.8 Å². The first kappa shape index (κ1) is 14.2. The highest BCUT2D eigenvalue weighted by atomic mass is 15.0. The standard InChI is InChI=1S/C19H16N6/c20-9-11-3-4-12(8-11)18-24-16-13-5-7-21-10-15(13)23-19-14(17(16)25-18)2-1-6-22-19/h1-2,5-7,10-12H,3-4,8H2,(H,22,23)(H,24,25). The van der Waals surface area contributed by atoms with E-state index in [1.165, 1.54) is 0 Å². The zero-order chi connectivity index (χ0) is 16.8. The van der Waals surface area contributed by atoms with Crippen molar-refractivity contribution in [3.63, 3.8) is 0 Å². The lowest BCUT2D eigenvalue weighted by atomic mass is 10.1. The second-order valence-electron chi connectivity index (χ2n) is 6.63. The van der Waals surface area contributed by atoms with Crippen LogP contribution < -0.4 is 5.32 Å². The van der Waals surface area contributed by atoms with Gasteiger partial charge in [0.1, 0.15) is 17.3 Å². The highest BCUT2D eigenvalue weighted by molar-refractivity contribution is 5.94. The molecule has 0 amide bonds. The summed E-state index contributed by atoms with van der Waals surface area (Å²) in [5, 5.41) is 12.6. The molecule has 2 atom stereocenters. The van der Waals surface area contributed by atoms with Crippen LogP contribution in [0.25, 0.3) is 22.5 Å². The average molecular weight is 328 g/mol. The molecule has 0 radical (unpaired) electrons. The molecular weight excluding hydrogens is 312 g/mol. The zero-order valence-electron chi connectivity index (χ0n) is 13.5. The largest absolute Gasteiger partial charge is 0.341 e. The van der Waals surface area contributed by atoms with Crippen molar-refractivity contribution >= 4 is 11.5 Å². The quantitative estimate of drug-likeness (QED) is 0.551. The summed E-state index contributed by atoms with van der Waals surface area (Å²) in [7, 11) is 0. The van der Waals surface area contributed by atoms with Crippen molar-refractivity contribution in [2.45, 2.75) is 25.2 Å². The molecule has 122 valence electrons. The Bertz CT molecular complexity index is 936. The second kappa shape index (κ2) is 5.42. The SMILES string of the molecule is N#CC1CCC(c2nc3c([nH]2)-c2ccncc2Nc2ncccc2-3)C1. The molecule has 5 rings (SSSR count). The van der Waals surface area contributed by atoms with Crippen LogP contribution in [0.4, 0.5) is 11.5 Å². The van der Waals surface area contributed by atoms with Gasteiger partial charge in [-0.25, -0.2) is 9.97 Å². The molecule has 2 aliphatic rings. The van der Waals surface area contributed by atoms with E-state index in [2.05, 4.69) is 26.3 Å². The minimum Gasteiger partial charge on any atom is -0.341 e. The smallest absolute Gasteiger partial charge is 0.139 e. The van der Waals surface area contributed by atoms with Gasteiger partial charge in [-0.2, -0.15) is 5.26 Å². The summed E-state index contributed by atoms with van der Waals surface area (Å²) in [5.41, 5.74) is 4.84. The molecule has 6 nitrogen and oxygen atoms in total. The lowest BCUT2D eigenvalue weighted by molar-refractivity contribution is 0.646. The monoisotopic (exact) mass is 328 g/mol. The number of aromatic amines is 1. The fourth-order valence-corrected chi connectivity index (χ4v) is 3.86. The van der Waals surface area contributed by atoms with Gasteiger partial charge in [0.2, 0.25) is 0 Å². The van der Waals surface area contributed by atoms with Crippen LogP contribution in [0.2, 0.25) is 0 Å². The van der Waals surface area contributed by atoms with Crippen molar-refractivity contribution in [1.29, 1.82) is 5.26 Å². The van der Waals surface area contributed by atoms with E-state index in [0.717, 1.165) is 59.1 Å². The van der Waals surface area contributed by atoms with Crippen LogP contribution in [0.3, 0.4) is 0 Å². The molecule has 1 fully saturated rings. The zero-order valence-corrected chi connectivity index (χ0v) is 13.5. The van der Waals surface area contributed by atoms with Crippen molar-refractivity contribution in [3.05, 3.63) is 42.6 Å². The van der Waals surface area contributed by atoms with E-state index >= 15 is 0 Å². The molecule has 4 heterocycles. The number of fused-ring (bicyclic) bond motifs is 5. The lowest BCUT2D eigenvalue weighted by Crippen LogP contribution is -1.99. The number of anilines is 2. The van der Waals surface area contributed by atoms with Crippen molar-refractivity contribution in [2.24, 2.45) is 5.92 Å². The first-order chi connectivity index (χ1) is 12.3. The van der Waals surface area contributed by atoms with Crippen LogP contribution in [-0.2, 0) is 0 Å². The van der Waals surface area contributed by atoms with Crippen molar-refractivity contribution in [2.75, 3.05) is 5.32 Å². The molecule has 6 heteroatoms. The molecule has 0 aromatic carbocycles. The summed E-state index contributed by atoms with van der Waals surface area (Å²) in [6, 6.07) is 8.34. The maximum atomic E-state index is 9.19. The normalized spacial score (nSPS) is 20.6. The van der Waals surface area contributed by atoms with Crippen molar-refractivity contribution < 1.29 is 0 Å². The lowest BCUT2D eigenvalue weighted by Gasteiger charge is -2.09. The molecule has 0 spiro atoms. The average Bonchev–Trinajstić information content (AvgIpc) is 3.27. The predicted molar refractivity (Wildman–Crippen MR) is 94.0 cm³/mol. The van der Waals surface area contributed by atoms with Crippen LogP contribution in [0.1, 0.15) is 31.0 Å². The highest BCUT2D eigenvalue weighted by Crippen LogP contribution is 2.44. The number of imidazole rings is 1. The Hall–Kier alpha value is -3.20. The van der Waals surface area contributed by atoms with Gasteiger partial charge in [-0.3, -0.25) is 4.98 Å². The maximum Gasteiger partial charge on any atom is 0.139 e. The molecule has 1 aliphatic heterocycles. The molecular formula is C19H16N6. The van der Waals surface area contributed by atoms with E-state index in [1.54, 1.807) is 12.4 Å². The van der Waals surface area contributed by atoms with Gasteiger partial charge >= 0.3 is 0 Å². The summed E-state index contributed by atoms with van der Waals surface area (Å²) in [6.07, 6.45) is 8.21. The summed E-state index contributed by atoms with van der Waals surface area (Å²) >= 11 is 0. The third-order valence-electron chi connectivity index (χ3n) is 5.13. The molecule has 0 saturated heterocycles. The number of aromatic nitrogens is 4. The van der Waals surface area contributed by atoms with E-state index in [1.807, 2.05) is 24.4 Å². The number of hydrogen-bond acceptors (Lipinski definition) is 5. The van der Waals surface area contributed by atoms with E-state index < -0.39 is 0 Å². The highest BCUT2D eigenvalue weighted by Gasteiger charge is 2.31. The molecule has 2 unspecified atom stereocenters. The number of nitrogens with zero attached hydrogens (tertiary/aromatic N) is 4. The summed E-state index contributed by atoms with van der Waals surface area (Å²) in [4.78, 5) is 17.2. The molecule has 3 aromatic rings. The van der Waals surface area contributed by atoms with Gasteiger partial charge in [0.05, 0.1) is 23.6 Å². The Morgan fingerprint density at radius 3 is 3.00 bits per heavy atom. The number of pyridine rings is 2. The first-order valence-electron chi connectivity index (χ1n) is 8.50. The number of rotatable bonds is 1. The second-order valence-corrected chi connectivity index (χ2v) is 6.63. The number of nitrogens with one attached hydrogen (secondary N) is 2. The third-order valence-corrected chi connectivity index (χ3v) is 5.13. The maximum absolute atomic E-state index is 9.19. The number of nitriles is 1. The molecule has 3 aromatic heterocycles. The molecule has 1 aliphatic carbocycles. The topological polar surface area (TPSA) is 90.3 Å². The molecule has 25 heavy (non-hydrogen) atoms. The molecule has 2 N–H and O–H groups in total. The van der Waals surface area contributed by atoms with E-state index in [9.17, 15) is 5.26 Å². The van der Waals surface area contributed by atoms with Gasteiger partial charge in [0.25, 0.3) is 0 Å². The number of hydrogen-bond donors (Lipinski definition) is 2. The van der Waals surface area contributed by atoms with Gasteiger partial charge in [-0.15, -0.1) is 0 Å². The fourth-order valence-electron chi connectivity index (χ4n) is 3.86. The fraction of sp³-hybridized carbons (Fsp3) is 0.263. The number of H-pyrrole nitrogens is 1. The van der Waals surface area contributed by atoms with Gasteiger partial charge in [0.15, 0.2) is 0 Å². The molecule has 0 bridgehead atoms. The van der Waals surface area contributed by atoms with E-state index in [4.69, 9.17) is 4.98 Å². The van der Waals surface area contributed by atoms with E-state index in [-0.39, 0.29) is 5.92 Å². The Morgan fingerprint density at radius 2 is 2.12 bits per heavy atom.